The van der Waals surface area contributed by atoms with E-state index in [1.165, 1.54) is 17.0 Å². The number of amides is 3. The standard InChI is InChI=1S/C19H21FN2O3/c1-12(13-7-9-14(20)10-8-13)21(2)17(23)11-22-18(24)15-5-3-4-6-16(15)19(22)25/h3-4,7-10,12,15-16H,5-6,11H2,1-2H3/t12-,15-,16-/m1/s1. The van der Waals surface area contributed by atoms with Crippen molar-refractivity contribution < 1.29 is 18.8 Å². The molecule has 0 N–H and O–H groups in total. The molecule has 0 unspecified atom stereocenters. The van der Waals surface area contributed by atoms with Gasteiger partial charge in [-0.2, -0.15) is 0 Å². The topological polar surface area (TPSA) is 57.7 Å². The number of rotatable bonds is 4. The fourth-order valence-corrected chi connectivity index (χ4v) is 3.45. The molecule has 1 saturated heterocycles. The molecule has 0 bridgehead atoms. The van der Waals surface area contributed by atoms with Gasteiger partial charge in [-0.1, -0.05) is 24.3 Å². The van der Waals surface area contributed by atoms with Gasteiger partial charge < -0.3 is 4.90 Å². The molecule has 1 aliphatic carbocycles. The first kappa shape index (κ1) is 17.3. The first-order valence-corrected chi connectivity index (χ1v) is 8.41. The van der Waals surface area contributed by atoms with Gasteiger partial charge >= 0.3 is 0 Å². The van der Waals surface area contributed by atoms with E-state index in [0.717, 1.165) is 10.5 Å². The summed E-state index contributed by atoms with van der Waals surface area (Å²) in [5.41, 5.74) is 0.786. The molecular weight excluding hydrogens is 323 g/mol. The van der Waals surface area contributed by atoms with Gasteiger partial charge in [-0.05, 0) is 37.5 Å². The zero-order valence-corrected chi connectivity index (χ0v) is 14.3. The van der Waals surface area contributed by atoms with Crippen LogP contribution in [0.1, 0.15) is 31.4 Å². The Labute approximate surface area is 146 Å². The predicted octanol–water partition coefficient (Wildman–Crippen LogP) is 2.30. The van der Waals surface area contributed by atoms with E-state index in [1.54, 1.807) is 19.2 Å². The monoisotopic (exact) mass is 344 g/mol. The summed E-state index contributed by atoms with van der Waals surface area (Å²) in [4.78, 5) is 40.0. The van der Waals surface area contributed by atoms with Gasteiger partial charge in [0.25, 0.3) is 0 Å². The third-order valence-corrected chi connectivity index (χ3v) is 5.22. The number of allylic oxidation sites excluding steroid dienone is 2. The van der Waals surface area contributed by atoms with E-state index in [9.17, 15) is 18.8 Å². The number of hydrogen-bond acceptors (Lipinski definition) is 3. The van der Waals surface area contributed by atoms with Crippen LogP contribution in [0.15, 0.2) is 36.4 Å². The van der Waals surface area contributed by atoms with Crippen LogP contribution < -0.4 is 0 Å². The summed E-state index contributed by atoms with van der Waals surface area (Å²) in [7, 11) is 1.62. The van der Waals surface area contributed by atoms with Gasteiger partial charge in [0.1, 0.15) is 12.4 Å². The summed E-state index contributed by atoms with van der Waals surface area (Å²) in [5.74, 6) is -1.82. The first-order valence-electron chi connectivity index (χ1n) is 8.41. The van der Waals surface area contributed by atoms with Crippen molar-refractivity contribution in [2.75, 3.05) is 13.6 Å². The summed E-state index contributed by atoms with van der Waals surface area (Å²) in [6, 6.07) is 5.64. The van der Waals surface area contributed by atoms with Crippen LogP contribution in [0.4, 0.5) is 4.39 Å². The molecule has 1 fully saturated rings. The van der Waals surface area contributed by atoms with Crippen molar-refractivity contribution in [2.45, 2.75) is 25.8 Å². The number of halogens is 1. The summed E-state index contributed by atoms with van der Waals surface area (Å²) < 4.78 is 13.0. The number of nitrogens with zero attached hydrogens (tertiary/aromatic N) is 2. The largest absolute Gasteiger partial charge is 0.337 e. The minimum Gasteiger partial charge on any atom is -0.337 e. The van der Waals surface area contributed by atoms with Crippen LogP contribution in [0.5, 0.6) is 0 Å². The lowest BCUT2D eigenvalue weighted by Crippen LogP contribution is -2.42. The maximum Gasteiger partial charge on any atom is 0.242 e. The normalized spacial score (nSPS) is 23.6. The minimum atomic E-state index is -0.339. The second-order valence-electron chi connectivity index (χ2n) is 6.65. The maximum atomic E-state index is 13.0. The molecule has 1 heterocycles. The molecule has 1 aromatic rings. The summed E-state index contributed by atoms with van der Waals surface area (Å²) in [6.07, 6.45) is 4.95. The number of benzene rings is 1. The average molecular weight is 344 g/mol. The fourth-order valence-electron chi connectivity index (χ4n) is 3.45. The van der Waals surface area contributed by atoms with Crippen molar-refractivity contribution in [1.29, 1.82) is 0 Å². The summed E-state index contributed by atoms with van der Waals surface area (Å²) in [6.45, 7) is 1.58. The van der Waals surface area contributed by atoms with E-state index >= 15 is 0 Å². The van der Waals surface area contributed by atoms with Crippen LogP contribution in [0.2, 0.25) is 0 Å². The van der Waals surface area contributed by atoms with Crippen LogP contribution in [0.25, 0.3) is 0 Å². The van der Waals surface area contributed by atoms with Crippen molar-refractivity contribution in [3.05, 3.63) is 47.8 Å². The number of hydrogen-bond donors (Lipinski definition) is 0. The summed E-state index contributed by atoms with van der Waals surface area (Å²) >= 11 is 0. The molecule has 0 saturated carbocycles. The SMILES string of the molecule is C[C@H](c1ccc(F)cc1)N(C)C(=O)CN1C(=O)[C@@H]2CC=CC[C@H]2C1=O. The van der Waals surface area contributed by atoms with E-state index in [-0.39, 0.29) is 48.0 Å². The van der Waals surface area contributed by atoms with Gasteiger partial charge in [0.05, 0.1) is 17.9 Å². The Kier molecular flexibility index (Phi) is 4.70. The van der Waals surface area contributed by atoms with Gasteiger partial charge in [-0.15, -0.1) is 0 Å². The van der Waals surface area contributed by atoms with E-state index in [0.29, 0.717) is 12.8 Å². The molecule has 3 atom stereocenters. The molecule has 0 spiro atoms. The van der Waals surface area contributed by atoms with Crippen molar-refractivity contribution in [3.8, 4) is 0 Å². The van der Waals surface area contributed by atoms with Gasteiger partial charge in [0.2, 0.25) is 17.7 Å². The third-order valence-electron chi connectivity index (χ3n) is 5.22. The Morgan fingerprint density at radius 1 is 1.16 bits per heavy atom. The highest BCUT2D eigenvalue weighted by atomic mass is 19.1. The van der Waals surface area contributed by atoms with Crippen LogP contribution in [0.3, 0.4) is 0 Å². The van der Waals surface area contributed by atoms with Gasteiger partial charge in [-0.3, -0.25) is 19.3 Å². The zero-order valence-electron chi connectivity index (χ0n) is 14.3. The number of fused-ring (bicyclic) bond motifs is 1. The highest BCUT2D eigenvalue weighted by Crippen LogP contribution is 2.35. The number of likely N-dealkylation sites (tertiary alicyclic amines) is 1. The Morgan fingerprint density at radius 3 is 2.20 bits per heavy atom. The van der Waals surface area contributed by atoms with E-state index in [2.05, 4.69) is 0 Å². The van der Waals surface area contributed by atoms with Crippen LogP contribution in [0, 0.1) is 17.7 Å². The van der Waals surface area contributed by atoms with Crippen molar-refractivity contribution in [3.63, 3.8) is 0 Å². The molecule has 3 rings (SSSR count). The molecule has 0 aromatic heterocycles. The molecular formula is C19H21FN2O3. The van der Waals surface area contributed by atoms with E-state index in [4.69, 9.17) is 0 Å². The lowest BCUT2D eigenvalue weighted by Gasteiger charge is -2.27. The highest BCUT2D eigenvalue weighted by Gasteiger charge is 2.47. The smallest absolute Gasteiger partial charge is 0.242 e. The number of imide groups is 1. The Hall–Kier alpha value is -2.50. The lowest BCUT2D eigenvalue weighted by molar-refractivity contribution is -0.146. The first-order chi connectivity index (χ1) is 11.9. The van der Waals surface area contributed by atoms with Gasteiger partial charge in [-0.25, -0.2) is 4.39 Å². The highest BCUT2D eigenvalue weighted by molar-refractivity contribution is 6.07. The molecule has 1 aromatic carbocycles. The molecule has 0 radical (unpaired) electrons. The quantitative estimate of drug-likeness (QED) is 0.622. The molecule has 5 nitrogen and oxygen atoms in total. The molecule has 1 aliphatic heterocycles. The second kappa shape index (κ2) is 6.78. The van der Waals surface area contributed by atoms with E-state index in [1.807, 2.05) is 19.1 Å². The second-order valence-corrected chi connectivity index (χ2v) is 6.65. The Bertz CT molecular complexity index is 703. The zero-order chi connectivity index (χ0) is 18.1. The molecule has 6 heteroatoms. The third kappa shape index (κ3) is 3.21. The van der Waals surface area contributed by atoms with Gasteiger partial charge in [0, 0.05) is 7.05 Å². The predicted molar refractivity (Wildman–Crippen MR) is 89.7 cm³/mol. The van der Waals surface area contributed by atoms with Crippen molar-refractivity contribution in [2.24, 2.45) is 11.8 Å². The molecule has 132 valence electrons. The number of carbonyl (C=O) groups excluding carboxylic acids is 3. The molecule has 3 amide bonds. The minimum absolute atomic E-state index is 0.243. The lowest BCUT2D eigenvalue weighted by atomic mass is 9.85. The molecule has 25 heavy (non-hydrogen) atoms. The Morgan fingerprint density at radius 2 is 1.68 bits per heavy atom. The Balaban J connectivity index is 1.68. The van der Waals surface area contributed by atoms with Gasteiger partial charge in [0.15, 0.2) is 0 Å². The van der Waals surface area contributed by atoms with Crippen LogP contribution in [-0.4, -0.2) is 41.1 Å². The maximum absolute atomic E-state index is 13.0. The van der Waals surface area contributed by atoms with Crippen LogP contribution in [-0.2, 0) is 14.4 Å². The summed E-state index contributed by atoms with van der Waals surface area (Å²) in [5, 5.41) is 0. The van der Waals surface area contributed by atoms with Crippen LogP contribution >= 0.6 is 0 Å². The number of carbonyl (C=O) groups is 3. The van der Waals surface area contributed by atoms with E-state index < -0.39 is 0 Å². The fraction of sp³-hybridized carbons (Fsp3) is 0.421. The van der Waals surface area contributed by atoms with Crippen molar-refractivity contribution in [1.82, 2.24) is 9.80 Å². The molecule has 2 aliphatic rings. The number of likely N-dealkylation sites (N-methyl/N-ethyl adjacent to an activating group) is 1. The average Bonchev–Trinajstić information content (AvgIpc) is 2.86. The van der Waals surface area contributed by atoms with Crippen molar-refractivity contribution >= 4 is 17.7 Å².